The monoisotopic (exact) mass is 331 g/mol. The van der Waals surface area contributed by atoms with Crippen molar-refractivity contribution in [2.75, 3.05) is 31.2 Å². The van der Waals surface area contributed by atoms with E-state index >= 15 is 0 Å². The molecule has 2 aliphatic rings. The summed E-state index contributed by atoms with van der Waals surface area (Å²) in [5.41, 5.74) is 0.716. The van der Waals surface area contributed by atoms with Crippen LogP contribution in [0.25, 0.3) is 0 Å². The number of hydrogen-bond acceptors (Lipinski definition) is 4. The average molecular weight is 331 g/mol. The van der Waals surface area contributed by atoms with Gasteiger partial charge in [-0.15, -0.1) is 0 Å². The van der Waals surface area contributed by atoms with Crippen LogP contribution in [-0.4, -0.2) is 54.6 Å². The van der Waals surface area contributed by atoms with Crippen LogP contribution in [0.15, 0.2) is 18.2 Å². The number of nitrogens with zero attached hydrogens (tertiary/aromatic N) is 2. The molecule has 4 amide bonds. The first kappa shape index (κ1) is 16.4. The average Bonchev–Trinajstić information content (AvgIpc) is 2.76. The lowest BCUT2D eigenvalue weighted by molar-refractivity contribution is -0.121. The van der Waals surface area contributed by atoms with Crippen molar-refractivity contribution in [1.29, 1.82) is 0 Å². The molecule has 0 radical (unpaired) electrons. The molecule has 0 atom stereocenters. The molecule has 2 saturated heterocycles. The van der Waals surface area contributed by atoms with Crippen molar-refractivity contribution in [3.8, 4) is 0 Å². The van der Waals surface area contributed by atoms with Gasteiger partial charge < -0.3 is 15.0 Å². The zero-order valence-corrected chi connectivity index (χ0v) is 14.1. The number of imide groups is 1. The molecule has 24 heavy (non-hydrogen) atoms. The molecule has 7 nitrogen and oxygen atoms in total. The second-order valence-corrected chi connectivity index (χ2v) is 6.60. The van der Waals surface area contributed by atoms with E-state index in [1.165, 1.54) is 0 Å². The molecule has 0 aromatic heterocycles. The maximum absolute atomic E-state index is 12.6. The van der Waals surface area contributed by atoms with E-state index in [4.69, 9.17) is 4.74 Å². The summed E-state index contributed by atoms with van der Waals surface area (Å²) in [6, 6.07) is 4.63. The van der Waals surface area contributed by atoms with Gasteiger partial charge in [0.1, 0.15) is 5.54 Å². The van der Waals surface area contributed by atoms with E-state index < -0.39 is 11.6 Å². The fourth-order valence-corrected chi connectivity index (χ4v) is 2.90. The van der Waals surface area contributed by atoms with Crippen molar-refractivity contribution in [3.63, 3.8) is 0 Å². The highest BCUT2D eigenvalue weighted by molar-refractivity contribution is 6.23. The predicted molar refractivity (Wildman–Crippen MR) is 88.0 cm³/mol. The summed E-state index contributed by atoms with van der Waals surface area (Å²) in [6.45, 7) is 7.24. The van der Waals surface area contributed by atoms with Crippen LogP contribution >= 0.6 is 0 Å². The number of carbonyl (C=O) groups is 3. The fourth-order valence-electron chi connectivity index (χ4n) is 2.90. The third-order valence-corrected chi connectivity index (χ3v) is 4.36. The van der Waals surface area contributed by atoms with Crippen LogP contribution in [-0.2, 0) is 9.53 Å². The minimum Gasteiger partial charge on any atom is -0.378 e. The summed E-state index contributed by atoms with van der Waals surface area (Å²) in [5.74, 6) is -0.447. The van der Waals surface area contributed by atoms with Gasteiger partial charge in [-0.3, -0.25) is 9.59 Å². The fraction of sp³-hybridized carbons (Fsp3) is 0.471. The highest BCUT2D eigenvalue weighted by Crippen LogP contribution is 2.28. The molecule has 2 fully saturated rings. The predicted octanol–water partition coefficient (Wildman–Crippen LogP) is 1.30. The van der Waals surface area contributed by atoms with Gasteiger partial charge in [0.15, 0.2) is 0 Å². The number of aryl methyl sites for hydroxylation is 1. The molecule has 128 valence electrons. The minimum absolute atomic E-state index is 0.120. The van der Waals surface area contributed by atoms with Gasteiger partial charge in [-0.1, -0.05) is 6.07 Å². The van der Waals surface area contributed by atoms with Gasteiger partial charge in [-0.05, 0) is 38.5 Å². The molecule has 1 aromatic rings. The van der Waals surface area contributed by atoms with Crippen molar-refractivity contribution in [3.05, 3.63) is 29.3 Å². The maximum atomic E-state index is 12.6. The Balaban J connectivity index is 1.94. The van der Waals surface area contributed by atoms with E-state index in [0.29, 0.717) is 37.6 Å². The summed E-state index contributed by atoms with van der Waals surface area (Å²) in [7, 11) is 0. The topological polar surface area (TPSA) is 79.0 Å². The number of amides is 4. The zero-order valence-electron chi connectivity index (χ0n) is 14.1. The SMILES string of the molecule is Cc1ccc(C(=O)N2CCOCC2)cc1N1C(=O)NC(C)(C)C1=O. The molecule has 0 saturated carbocycles. The number of ether oxygens (including phenoxy) is 1. The third kappa shape index (κ3) is 2.75. The summed E-state index contributed by atoms with van der Waals surface area (Å²) in [4.78, 5) is 40.2. The molecule has 0 aliphatic carbocycles. The Bertz CT molecular complexity index is 708. The number of benzene rings is 1. The van der Waals surface area contributed by atoms with Crippen molar-refractivity contribution >= 4 is 23.5 Å². The van der Waals surface area contributed by atoms with Gasteiger partial charge in [0.25, 0.3) is 11.8 Å². The number of anilines is 1. The standard InChI is InChI=1S/C17H21N3O4/c1-11-4-5-12(14(21)19-6-8-24-9-7-19)10-13(11)20-15(22)17(2,3)18-16(20)23/h4-5,10H,6-9H2,1-3H3,(H,18,23). The van der Waals surface area contributed by atoms with Gasteiger partial charge >= 0.3 is 6.03 Å². The van der Waals surface area contributed by atoms with Gasteiger partial charge in [-0.25, -0.2) is 9.69 Å². The number of urea groups is 1. The van der Waals surface area contributed by atoms with Crippen LogP contribution in [0.5, 0.6) is 0 Å². The molecule has 0 bridgehead atoms. The molecule has 1 aromatic carbocycles. The Morgan fingerprint density at radius 1 is 1.21 bits per heavy atom. The summed E-state index contributed by atoms with van der Waals surface area (Å²) in [6.07, 6.45) is 0. The first-order chi connectivity index (χ1) is 11.3. The summed E-state index contributed by atoms with van der Waals surface area (Å²) in [5, 5.41) is 2.66. The molecule has 1 N–H and O–H groups in total. The van der Waals surface area contributed by atoms with E-state index in [1.54, 1.807) is 36.9 Å². The zero-order chi connectivity index (χ0) is 17.5. The third-order valence-electron chi connectivity index (χ3n) is 4.36. The Hall–Kier alpha value is -2.41. The Kier molecular flexibility index (Phi) is 4.04. The lowest BCUT2D eigenvalue weighted by Crippen LogP contribution is -2.41. The number of nitrogens with one attached hydrogen (secondary N) is 1. The molecule has 0 spiro atoms. The van der Waals surface area contributed by atoms with Gasteiger partial charge in [-0.2, -0.15) is 0 Å². The Morgan fingerprint density at radius 2 is 1.88 bits per heavy atom. The number of morpholine rings is 1. The quantitative estimate of drug-likeness (QED) is 0.829. The van der Waals surface area contributed by atoms with Crippen LogP contribution in [0, 0.1) is 6.92 Å². The van der Waals surface area contributed by atoms with E-state index in [-0.39, 0.29) is 11.8 Å². The first-order valence-corrected chi connectivity index (χ1v) is 7.95. The van der Waals surface area contributed by atoms with Gasteiger partial charge in [0.2, 0.25) is 0 Å². The largest absolute Gasteiger partial charge is 0.378 e. The van der Waals surface area contributed by atoms with Crippen LogP contribution in [0.4, 0.5) is 10.5 Å². The molecule has 7 heteroatoms. The summed E-state index contributed by atoms with van der Waals surface area (Å²) >= 11 is 0. The minimum atomic E-state index is -0.951. The molecule has 3 rings (SSSR count). The summed E-state index contributed by atoms with van der Waals surface area (Å²) < 4.78 is 5.26. The molecule has 2 heterocycles. The van der Waals surface area contributed by atoms with E-state index in [2.05, 4.69) is 5.32 Å². The van der Waals surface area contributed by atoms with E-state index in [9.17, 15) is 14.4 Å². The van der Waals surface area contributed by atoms with Crippen LogP contribution < -0.4 is 10.2 Å². The van der Waals surface area contributed by atoms with E-state index in [1.807, 2.05) is 6.92 Å². The number of rotatable bonds is 2. The maximum Gasteiger partial charge on any atom is 0.329 e. The molecule has 0 unspecified atom stereocenters. The molecular formula is C17H21N3O4. The van der Waals surface area contributed by atoms with Gasteiger partial charge in [0, 0.05) is 18.7 Å². The Labute approximate surface area is 140 Å². The highest BCUT2D eigenvalue weighted by atomic mass is 16.5. The van der Waals surface area contributed by atoms with Crippen LogP contribution in [0.1, 0.15) is 29.8 Å². The number of hydrogen-bond donors (Lipinski definition) is 1. The number of carbonyl (C=O) groups excluding carboxylic acids is 3. The van der Waals surface area contributed by atoms with Crippen molar-refractivity contribution < 1.29 is 19.1 Å². The Morgan fingerprint density at radius 3 is 2.46 bits per heavy atom. The van der Waals surface area contributed by atoms with Crippen LogP contribution in [0.3, 0.4) is 0 Å². The van der Waals surface area contributed by atoms with Crippen LogP contribution in [0.2, 0.25) is 0 Å². The second kappa shape index (κ2) is 5.90. The van der Waals surface area contributed by atoms with Gasteiger partial charge in [0.05, 0.1) is 18.9 Å². The van der Waals surface area contributed by atoms with E-state index in [0.717, 1.165) is 10.5 Å². The highest BCUT2D eigenvalue weighted by Gasteiger charge is 2.45. The second-order valence-electron chi connectivity index (χ2n) is 6.60. The molecular weight excluding hydrogens is 310 g/mol. The smallest absolute Gasteiger partial charge is 0.329 e. The van der Waals surface area contributed by atoms with Crippen molar-refractivity contribution in [2.24, 2.45) is 0 Å². The van der Waals surface area contributed by atoms with Crippen molar-refractivity contribution in [1.82, 2.24) is 10.2 Å². The lowest BCUT2D eigenvalue weighted by Gasteiger charge is -2.27. The lowest BCUT2D eigenvalue weighted by atomic mass is 10.0. The first-order valence-electron chi connectivity index (χ1n) is 7.95. The normalized spacial score (nSPS) is 20.3. The molecule has 2 aliphatic heterocycles. The van der Waals surface area contributed by atoms with Crippen molar-refractivity contribution in [2.45, 2.75) is 26.3 Å².